The number of hydrogen-bond acceptors (Lipinski definition) is 10. The lowest BCUT2D eigenvalue weighted by Gasteiger charge is -2.37. The van der Waals surface area contributed by atoms with Crippen LogP contribution in [0.15, 0.2) is 47.3 Å². The van der Waals surface area contributed by atoms with E-state index in [0.29, 0.717) is 41.6 Å². The number of fused-ring (bicyclic) bond motifs is 1. The minimum absolute atomic E-state index is 0.0374. The Bertz CT molecular complexity index is 1540. The van der Waals surface area contributed by atoms with Crippen molar-refractivity contribution in [3.63, 3.8) is 0 Å². The predicted molar refractivity (Wildman–Crippen MR) is 141 cm³/mol. The maximum absolute atomic E-state index is 12.0. The molecule has 1 amide bonds. The van der Waals surface area contributed by atoms with Crippen LogP contribution in [0.1, 0.15) is 48.4 Å². The van der Waals surface area contributed by atoms with Crippen LogP contribution in [0.5, 0.6) is 0 Å². The summed E-state index contributed by atoms with van der Waals surface area (Å²) in [4.78, 5) is 39.4. The number of primary amides is 1. The standard InChI is InChI=1S/C26H28N8O4/c1-26(2,3)38-21(35)8-6-15-5-7-18-20(9-15)37-25(32-18)34-12-16(13-34)19-11-28-24(22(31-19)23(27)36)30-17-10-29-33(4)14-17/h5-11,14,16H,12-13H2,1-4H3,(H2,27,36)(H,28,30)/b8-6+. The lowest BCUT2D eigenvalue weighted by atomic mass is 9.97. The summed E-state index contributed by atoms with van der Waals surface area (Å²) in [6.45, 7) is 6.66. The molecule has 0 radical (unpaired) electrons. The zero-order valence-electron chi connectivity index (χ0n) is 21.5. The molecular weight excluding hydrogens is 488 g/mol. The van der Waals surface area contributed by atoms with Gasteiger partial charge in [0.15, 0.2) is 17.1 Å². The van der Waals surface area contributed by atoms with Crippen LogP contribution >= 0.6 is 0 Å². The highest BCUT2D eigenvalue weighted by molar-refractivity contribution is 5.96. The van der Waals surface area contributed by atoms with E-state index >= 15 is 0 Å². The van der Waals surface area contributed by atoms with Crippen molar-refractivity contribution in [2.24, 2.45) is 12.8 Å². The van der Waals surface area contributed by atoms with Crippen LogP contribution in [-0.2, 0) is 16.6 Å². The second-order valence-corrected chi connectivity index (χ2v) is 10.1. The van der Waals surface area contributed by atoms with Gasteiger partial charge in [-0.15, -0.1) is 0 Å². The third kappa shape index (κ3) is 5.48. The van der Waals surface area contributed by atoms with E-state index in [2.05, 4.69) is 25.4 Å². The van der Waals surface area contributed by atoms with E-state index in [4.69, 9.17) is 14.9 Å². The summed E-state index contributed by atoms with van der Waals surface area (Å²) < 4.78 is 12.9. The number of aromatic nitrogens is 5. The summed E-state index contributed by atoms with van der Waals surface area (Å²) >= 11 is 0. The lowest BCUT2D eigenvalue weighted by molar-refractivity contribution is -0.148. The fraction of sp³-hybridized carbons (Fsp3) is 0.308. The number of benzene rings is 1. The summed E-state index contributed by atoms with van der Waals surface area (Å²) in [6.07, 6.45) is 8.08. The van der Waals surface area contributed by atoms with Gasteiger partial charge >= 0.3 is 5.97 Å². The van der Waals surface area contributed by atoms with Gasteiger partial charge in [-0.05, 0) is 44.5 Å². The first-order valence-corrected chi connectivity index (χ1v) is 12.0. The molecular formula is C26H28N8O4. The van der Waals surface area contributed by atoms with Gasteiger partial charge in [-0.25, -0.2) is 14.8 Å². The average molecular weight is 517 g/mol. The molecule has 4 heterocycles. The summed E-state index contributed by atoms with van der Waals surface area (Å²) in [5, 5.41) is 7.12. The number of oxazole rings is 1. The van der Waals surface area contributed by atoms with Crippen molar-refractivity contribution < 1.29 is 18.7 Å². The summed E-state index contributed by atoms with van der Waals surface area (Å²) in [5.41, 5.74) is 8.54. The van der Waals surface area contributed by atoms with E-state index in [1.54, 1.807) is 36.4 Å². The zero-order valence-corrected chi connectivity index (χ0v) is 21.5. The van der Waals surface area contributed by atoms with E-state index < -0.39 is 17.5 Å². The van der Waals surface area contributed by atoms with Crippen LogP contribution in [0.2, 0.25) is 0 Å². The number of nitrogens with two attached hydrogens (primary N) is 1. The molecule has 196 valence electrons. The molecule has 3 N–H and O–H groups in total. The topological polar surface area (TPSA) is 154 Å². The molecule has 0 saturated carbocycles. The molecule has 38 heavy (non-hydrogen) atoms. The number of nitrogens with one attached hydrogen (secondary N) is 1. The van der Waals surface area contributed by atoms with E-state index in [-0.39, 0.29) is 17.4 Å². The Hall–Kier alpha value is -4.74. The molecule has 0 aliphatic carbocycles. The molecule has 5 rings (SSSR count). The summed E-state index contributed by atoms with van der Waals surface area (Å²) in [6, 6.07) is 6.01. The van der Waals surface area contributed by atoms with Crippen molar-refractivity contribution in [3.05, 3.63) is 59.8 Å². The normalized spacial score (nSPS) is 14.2. The highest BCUT2D eigenvalue weighted by atomic mass is 16.6. The summed E-state index contributed by atoms with van der Waals surface area (Å²) in [5.74, 6) is -0.764. The van der Waals surface area contributed by atoms with Gasteiger partial charge < -0.3 is 25.1 Å². The Labute approximate surface area is 218 Å². The number of esters is 1. The minimum Gasteiger partial charge on any atom is -0.457 e. The number of nitrogens with zero attached hydrogens (tertiary/aromatic N) is 6. The van der Waals surface area contributed by atoms with Crippen LogP contribution in [0.25, 0.3) is 17.2 Å². The van der Waals surface area contributed by atoms with Gasteiger partial charge in [0.2, 0.25) is 0 Å². The maximum Gasteiger partial charge on any atom is 0.331 e. The van der Waals surface area contributed by atoms with Gasteiger partial charge in [0.25, 0.3) is 11.9 Å². The highest BCUT2D eigenvalue weighted by Crippen LogP contribution is 2.33. The number of carbonyl (C=O) groups excluding carboxylic acids is 2. The minimum atomic E-state index is -0.669. The predicted octanol–water partition coefficient (Wildman–Crippen LogP) is 3.15. The Kier molecular flexibility index (Phi) is 6.31. The van der Waals surface area contributed by atoms with Crippen LogP contribution in [0, 0.1) is 0 Å². The molecule has 12 heteroatoms. The smallest absolute Gasteiger partial charge is 0.331 e. The molecule has 1 aliphatic rings. The van der Waals surface area contributed by atoms with Crippen LogP contribution in [0.3, 0.4) is 0 Å². The Balaban J connectivity index is 1.25. The van der Waals surface area contributed by atoms with E-state index in [1.165, 1.54) is 6.08 Å². The lowest BCUT2D eigenvalue weighted by Crippen LogP contribution is -2.45. The third-order valence-corrected chi connectivity index (χ3v) is 5.78. The van der Waals surface area contributed by atoms with Gasteiger partial charge in [-0.3, -0.25) is 9.48 Å². The third-order valence-electron chi connectivity index (χ3n) is 5.78. The van der Waals surface area contributed by atoms with Crippen LogP contribution < -0.4 is 16.0 Å². The number of amides is 1. The highest BCUT2D eigenvalue weighted by Gasteiger charge is 2.33. The van der Waals surface area contributed by atoms with Crippen LogP contribution in [-0.4, -0.2) is 55.3 Å². The number of ether oxygens (including phenoxy) is 1. The first-order valence-electron chi connectivity index (χ1n) is 12.0. The molecule has 0 bridgehead atoms. The Morgan fingerprint density at radius 1 is 1.21 bits per heavy atom. The maximum atomic E-state index is 12.0. The largest absolute Gasteiger partial charge is 0.457 e. The molecule has 0 atom stereocenters. The first kappa shape index (κ1) is 24.9. The van der Waals surface area contributed by atoms with E-state index in [1.807, 2.05) is 43.9 Å². The first-order chi connectivity index (χ1) is 18.0. The van der Waals surface area contributed by atoms with E-state index in [0.717, 1.165) is 5.56 Å². The van der Waals surface area contributed by atoms with Crippen LogP contribution in [0.4, 0.5) is 17.5 Å². The van der Waals surface area contributed by atoms with Gasteiger partial charge in [0.1, 0.15) is 11.1 Å². The Morgan fingerprint density at radius 3 is 2.68 bits per heavy atom. The number of anilines is 3. The van der Waals surface area contributed by atoms with Crippen molar-refractivity contribution in [1.82, 2.24) is 24.7 Å². The molecule has 0 unspecified atom stereocenters. The summed E-state index contributed by atoms with van der Waals surface area (Å²) in [7, 11) is 1.79. The molecule has 0 spiro atoms. The quantitative estimate of drug-likeness (QED) is 0.276. The average Bonchev–Trinajstić information content (AvgIpc) is 3.41. The number of aryl methyl sites for hydroxylation is 1. The molecule has 1 saturated heterocycles. The second kappa shape index (κ2) is 9.61. The number of hydrogen-bond donors (Lipinski definition) is 2. The Morgan fingerprint density at radius 2 is 2.00 bits per heavy atom. The van der Waals surface area contributed by atoms with Crippen molar-refractivity contribution >= 4 is 46.6 Å². The molecule has 1 fully saturated rings. The van der Waals surface area contributed by atoms with Crippen molar-refractivity contribution in [2.45, 2.75) is 32.3 Å². The van der Waals surface area contributed by atoms with Gasteiger partial charge in [-0.1, -0.05) is 6.07 Å². The fourth-order valence-electron chi connectivity index (χ4n) is 3.98. The number of carbonyl (C=O) groups is 2. The monoisotopic (exact) mass is 516 g/mol. The van der Waals surface area contributed by atoms with Gasteiger partial charge in [0, 0.05) is 38.3 Å². The van der Waals surface area contributed by atoms with Gasteiger partial charge in [0.05, 0.1) is 23.8 Å². The molecule has 12 nitrogen and oxygen atoms in total. The fourth-order valence-corrected chi connectivity index (χ4v) is 3.98. The van der Waals surface area contributed by atoms with Crippen molar-refractivity contribution in [3.8, 4) is 0 Å². The molecule has 1 aromatic carbocycles. The SMILES string of the molecule is Cn1cc(Nc2ncc(C3CN(c4nc5ccc(/C=C/C(=O)OC(C)(C)C)cc5o4)C3)nc2C(N)=O)cn1. The zero-order chi connectivity index (χ0) is 27.0. The van der Waals surface area contributed by atoms with Crippen molar-refractivity contribution in [2.75, 3.05) is 23.3 Å². The van der Waals surface area contributed by atoms with Gasteiger partial charge in [-0.2, -0.15) is 10.1 Å². The molecule has 3 aromatic heterocycles. The molecule has 1 aliphatic heterocycles. The van der Waals surface area contributed by atoms with Crippen molar-refractivity contribution in [1.29, 1.82) is 0 Å². The molecule has 4 aromatic rings. The second-order valence-electron chi connectivity index (χ2n) is 10.1. The van der Waals surface area contributed by atoms with E-state index in [9.17, 15) is 9.59 Å². The number of rotatable bonds is 7.